The van der Waals surface area contributed by atoms with Crippen LogP contribution in [0.25, 0.3) is 0 Å². The van der Waals surface area contributed by atoms with Crippen LogP contribution in [0.3, 0.4) is 0 Å². The third kappa shape index (κ3) is 4.28. The summed E-state index contributed by atoms with van der Waals surface area (Å²) in [5.41, 5.74) is 1.63. The molecule has 142 valence electrons. The lowest BCUT2D eigenvalue weighted by molar-refractivity contribution is -0.143. The van der Waals surface area contributed by atoms with Crippen molar-refractivity contribution in [1.82, 2.24) is 10.6 Å². The van der Waals surface area contributed by atoms with Gasteiger partial charge in [0.2, 0.25) is 0 Å². The smallest absolute Gasteiger partial charge is 0.338 e. The lowest BCUT2D eigenvalue weighted by Gasteiger charge is -2.30. The molecule has 1 aliphatic rings. The van der Waals surface area contributed by atoms with Crippen molar-refractivity contribution in [2.24, 2.45) is 0 Å². The van der Waals surface area contributed by atoms with E-state index < -0.39 is 12.0 Å². The zero-order valence-electron chi connectivity index (χ0n) is 15.8. The van der Waals surface area contributed by atoms with E-state index in [1.165, 1.54) is 7.11 Å². The van der Waals surface area contributed by atoms with Gasteiger partial charge in [0.25, 0.3) is 0 Å². The molecule has 0 saturated carbocycles. The van der Waals surface area contributed by atoms with Crippen LogP contribution in [-0.4, -0.2) is 32.3 Å². The predicted molar refractivity (Wildman–Crippen MR) is 97.1 cm³/mol. The molecule has 7 nitrogen and oxygen atoms in total. The van der Waals surface area contributed by atoms with Gasteiger partial charge in [-0.1, -0.05) is 13.3 Å². The predicted octanol–water partition coefficient (Wildman–Crippen LogP) is 3.06. The largest absolute Gasteiger partial charge is 0.497 e. The molecule has 2 N–H and O–H groups in total. The maximum atomic E-state index is 12.8. The molecule has 1 atom stereocenters. The molecule has 26 heavy (non-hydrogen) atoms. The van der Waals surface area contributed by atoms with Crippen molar-refractivity contribution in [3.05, 3.63) is 35.0 Å². The highest BCUT2D eigenvalue weighted by atomic mass is 16.5. The minimum absolute atomic E-state index is 0.270. The molecule has 0 spiro atoms. The number of ether oxygens (including phenoxy) is 3. The van der Waals surface area contributed by atoms with Crippen LogP contribution < -0.4 is 20.1 Å². The number of nitrogens with one attached hydrogen (secondary N) is 2. The Labute approximate surface area is 153 Å². The molecule has 0 aromatic heterocycles. The number of carbonyl (C=O) groups is 2. The fraction of sp³-hybridized carbons (Fsp3) is 0.474. The van der Waals surface area contributed by atoms with E-state index >= 15 is 0 Å². The van der Waals surface area contributed by atoms with Crippen molar-refractivity contribution in [3.63, 3.8) is 0 Å². The van der Waals surface area contributed by atoms with Crippen molar-refractivity contribution in [2.75, 3.05) is 14.2 Å². The summed E-state index contributed by atoms with van der Waals surface area (Å²) in [6.45, 7) is 5.56. The van der Waals surface area contributed by atoms with Crippen LogP contribution >= 0.6 is 0 Å². The number of benzene rings is 1. The van der Waals surface area contributed by atoms with Gasteiger partial charge in [-0.15, -0.1) is 0 Å². The number of hydrogen-bond donors (Lipinski definition) is 2. The molecule has 0 fully saturated rings. The van der Waals surface area contributed by atoms with Crippen LogP contribution in [0.15, 0.2) is 29.5 Å². The Balaban J connectivity index is 2.57. The highest BCUT2D eigenvalue weighted by Crippen LogP contribution is 2.36. The minimum Gasteiger partial charge on any atom is -0.497 e. The van der Waals surface area contributed by atoms with Gasteiger partial charge in [-0.25, -0.2) is 9.59 Å². The first kappa shape index (κ1) is 19.6. The average molecular weight is 362 g/mol. The molecule has 1 unspecified atom stereocenters. The summed E-state index contributed by atoms with van der Waals surface area (Å²) >= 11 is 0. The van der Waals surface area contributed by atoms with E-state index in [2.05, 4.69) is 10.6 Å². The van der Waals surface area contributed by atoms with Crippen molar-refractivity contribution in [3.8, 4) is 11.5 Å². The fourth-order valence-corrected chi connectivity index (χ4v) is 2.87. The van der Waals surface area contributed by atoms with E-state index in [-0.39, 0.29) is 12.1 Å². The van der Waals surface area contributed by atoms with Gasteiger partial charge < -0.3 is 24.8 Å². The molecule has 0 radical (unpaired) electrons. The molecule has 1 aromatic carbocycles. The molecule has 0 saturated heterocycles. The zero-order valence-corrected chi connectivity index (χ0v) is 15.8. The normalized spacial score (nSPS) is 16.8. The Morgan fingerprint density at radius 2 is 1.96 bits per heavy atom. The zero-order chi connectivity index (χ0) is 19.3. The number of urea groups is 1. The monoisotopic (exact) mass is 362 g/mol. The van der Waals surface area contributed by atoms with Gasteiger partial charge >= 0.3 is 12.0 Å². The van der Waals surface area contributed by atoms with Gasteiger partial charge in [0.15, 0.2) is 0 Å². The maximum Gasteiger partial charge on any atom is 0.338 e. The van der Waals surface area contributed by atoms with E-state index in [1.807, 2.05) is 6.92 Å². The van der Waals surface area contributed by atoms with Crippen LogP contribution in [0.5, 0.6) is 11.5 Å². The average Bonchev–Trinajstić information content (AvgIpc) is 2.60. The first-order chi connectivity index (χ1) is 12.4. The molecule has 0 aliphatic carbocycles. The van der Waals surface area contributed by atoms with Crippen LogP contribution in [-0.2, 0) is 9.53 Å². The van der Waals surface area contributed by atoms with Crippen molar-refractivity contribution in [2.45, 2.75) is 45.8 Å². The van der Waals surface area contributed by atoms with Crippen molar-refractivity contribution < 1.29 is 23.8 Å². The van der Waals surface area contributed by atoms with Gasteiger partial charge in [-0.2, -0.15) is 0 Å². The topological polar surface area (TPSA) is 85.9 Å². The van der Waals surface area contributed by atoms with Gasteiger partial charge in [-0.05, 0) is 32.4 Å². The van der Waals surface area contributed by atoms with Gasteiger partial charge in [0.05, 0.1) is 31.9 Å². The van der Waals surface area contributed by atoms with Gasteiger partial charge in [0.1, 0.15) is 11.5 Å². The molecule has 2 amide bonds. The van der Waals surface area contributed by atoms with Crippen LogP contribution in [0, 0.1) is 0 Å². The van der Waals surface area contributed by atoms with Gasteiger partial charge in [0, 0.05) is 17.3 Å². The summed E-state index contributed by atoms with van der Waals surface area (Å²) in [5, 5.41) is 5.55. The molecule has 7 heteroatoms. The van der Waals surface area contributed by atoms with Gasteiger partial charge in [-0.3, -0.25) is 0 Å². The second kappa shape index (κ2) is 8.60. The standard InChI is InChI=1S/C19H26N2O5/c1-6-7-14-16(18(22)26-11(2)3)17(21-19(23)20-14)13-9-8-12(24-4)10-15(13)25-5/h8-11,17H,6-7H2,1-5H3,(H2,20,21,23). The lowest BCUT2D eigenvalue weighted by Crippen LogP contribution is -2.46. The number of allylic oxidation sites excluding steroid dienone is 1. The summed E-state index contributed by atoms with van der Waals surface area (Å²) in [5.74, 6) is 0.677. The summed E-state index contributed by atoms with van der Waals surface area (Å²) in [6, 6.07) is 4.22. The number of amides is 2. The number of hydrogen-bond acceptors (Lipinski definition) is 5. The fourth-order valence-electron chi connectivity index (χ4n) is 2.87. The number of carbonyl (C=O) groups excluding carboxylic acids is 2. The molecule has 2 rings (SSSR count). The Kier molecular flexibility index (Phi) is 6.49. The lowest BCUT2D eigenvalue weighted by atomic mass is 9.93. The first-order valence-electron chi connectivity index (χ1n) is 8.64. The van der Waals surface area contributed by atoms with Crippen LogP contribution in [0.2, 0.25) is 0 Å². The summed E-state index contributed by atoms with van der Waals surface area (Å²) < 4.78 is 16.1. The molecule has 0 bridgehead atoms. The molecule has 1 aromatic rings. The number of rotatable bonds is 7. The molecular formula is C19H26N2O5. The summed E-state index contributed by atoms with van der Waals surface area (Å²) in [6.07, 6.45) is 1.07. The Morgan fingerprint density at radius 3 is 2.54 bits per heavy atom. The van der Waals surface area contributed by atoms with Crippen molar-refractivity contribution >= 4 is 12.0 Å². The van der Waals surface area contributed by atoms with E-state index in [1.54, 1.807) is 39.2 Å². The maximum absolute atomic E-state index is 12.8. The number of methoxy groups -OCH3 is 2. The van der Waals surface area contributed by atoms with E-state index in [9.17, 15) is 9.59 Å². The third-order valence-electron chi connectivity index (χ3n) is 3.97. The molecular weight excluding hydrogens is 336 g/mol. The quantitative estimate of drug-likeness (QED) is 0.728. The second-order valence-corrected chi connectivity index (χ2v) is 6.24. The van der Waals surface area contributed by atoms with E-state index in [4.69, 9.17) is 14.2 Å². The van der Waals surface area contributed by atoms with Crippen LogP contribution in [0.4, 0.5) is 4.79 Å². The summed E-state index contributed by atoms with van der Waals surface area (Å²) in [7, 11) is 3.09. The third-order valence-corrected chi connectivity index (χ3v) is 3.97. The summed E-state index contributed by atoms with van der Waals surface area (Å²) in [4.78, 5) is 24.9. The van der Waals surface area contributed by atoms with E-state index in [0.29, 0.717) is 34.8 Å². The first-order valence-corrected chi connectivity index (χ1v) is 8.64. The molecule has 1 heterocycles. The highest BCUT2D eigenvalue weighted by molar-refractivity contribution is 5.95. The van der Waals surface area contributed by atoms with Crippen LogP contribution in [0.1, 0.15) is 45.2 Å². The Hall–Kier alpha value is -2.70. The second-order valence-electron chi connectivity index (χ2n) is 6.24. The molecule has 1 aliphatic heterocycles. The Bertz CT molecular complexity index is 712. The minimum atomic E-state index is -0.669. The SMILES string of the molecule is CCCC1=C(C(=O)OC(C)C)C(c2ccc(OC)cc2OC)NC(=O)N1. The van der Waals surface area contributed by atoms with E-state index in [0.717, 1.165) is 6.42 Å². The highest BCUT2D eigenvalue weighted by Gasteiger charge is 2.35. The Morgan fingerprint density at radius 1 is 1.23 bits per heavy atom. The van der Waals surface area contributed by atoms with Crippen molar-refractivity contribution in [1.29, 1.82) is 0 Å². The number of esters is 1.